The van der Waals surface area contributed by atoms with Crippen molar-refractivity contribution >= 4 is 11.4 Å². The second-order valence-corrected chi connectivity index (χ2v) is 5.67. The minimum Gasteiger partial charge on any atom is -0.214 e. The molecule has 0 spiro atoms. The Morgan fingerprint density at radius 3 is 2.12 bits per heavy atom. The quantitative estimate of drug-likeness (QED) is 0.204. The third-order valence-corrected chi connectivity index (χ3v) is 3.79. The zero-order chi connectivity index (χ0) is 17.3. The second-order valence-electron chi connectivity index (χ2n) is 5.67. The SMILES string of the molecule is Cc1ccc(-c2ccc[cH-]2)cc1N=Nc1ccccc1.[Fe+2].c1cc[cH-]c1. The van der Waals surface area contributed by atoms with E-state index in [9.17, 15) is 0 Å². The van der Waals surface area contributed by atoms with Crippen LogP contribution in [0.25, 0.3) is 11.1 Å². The summed E-state index contributed by atoms with van der Waals surface area (Å²) in [5, 5.41) is 8.66. The number of benzene rings is 2. The predicted molar refractivity (Wildman–Crippen MR) is 105 cm³/mol. The largest absolute Gasteiger partial charge is 2.00 e. The van der Waals surface area contributed by atoms with Crippen molar-refractivity contribution in [2.75, 3.05) is 0 Å². The van der Waals surface area contributed by atoms with E-state index in [1.54, 1.807) is 0 Å². The average molecular weight is 380 g/mol. The molecule has 0 unspecified atom stereocenters. The summed E-state index contributed by atoms with van der Waals surface area (Å²) in [7, 11) is 0. The number of nitrogens with zero attached hydrogens (tertiary/aromatic N) is 2. The van der Waals surface area contributed by atoms with Gasteiger partial charge in [-0.15, -0.1) is 6.07 Å². The fourth-order valence-electron chi connectivity index (χ4n) is 2.39. The Balaban J connectivity index is 0.000000351. The third-order valence-electron chi connectivity index (χ3n) is 3.79. The molecule has 0 atom stereocenters. The van der Waals surface area contributed by atoms with E-state index in [1.807, 2.05) is 79.7 Å². The molecule has 0 aromatic heterocycles. The number of azo groups is 1. The summed E-state index contributed by atoms with van der Waals surface area (Å²) in [5.74, 6) is 0. The minimum absolute atomic E-state index is 0. The first-order valence-electron chi connectivity index (χ1n) is 8.29. The van der Waals surface area contributed by atoms with Gasteiger partial charge in [-0.2, -0.15) is 52.2 Å². The molecule has 4 rings (SSSR count). The van der Waals surface area contributed by atoms with Crippen LogP contribution in [-0.2, 0) is 17.1 Å². The molecule has 4 aromatic carbocycles. The van der Waals surface area contributed by atoms with Gasteiger partial charge in [-0.25, -0.2) is 12.1 Å². The number of hydrogen-bond donors (Lipinski definition) is 0. The van der Waals surface area contributed by atoms with Crippen molar-refractivity contribution in [3.05, 3.63) is 109 Å². The van der Waals surface area contributed by atoms with Crippen molar-refractivity contribution in [2.24, 2.45) is 10.2 Å². The monoisotopic (exact) mass is 380 g/mol. The van der Waals surface area contributed by atoms with E-state index in [0.29, 0.717) is 0 Å². The molecular formula is C23H20FeN2. The first kappa shape index (κ1) is 19.6. The molecule has 0 aliphatic rings. The van der Waals surface area contributed by atoms with Gasteiger partial charge in [0, 0.05) is 0 Å². The third kappa shape index (κ3) is 5.66. The van der Waals surface area contributed by atoms with Crippen LogP contribution in [0.4, 0.5) is 11.4 Å². The number of rotatable bonds is 3. The van der Waals surface area contributed by atoms with Crippen LogP contribution in [0.5, 0.6) is 0 Å². The molecule has 3 heteroatoms. The van der Waals surface area contributed by atoms with Crippen LogP contribution in [0, 0.1) is 6.92 Å². The van der Waals surface area contributed by atoms with Gasteiger partial charge in [0.25, 0.3) is 0 Å². The average Bonchev–Trinajstić information content (AvgIpc) is 3.38. The van der Waals surface area contributed by atoms with E-state index in [4.69, 9.17) is 0 Å². The van der Waals surface area contributed by atoms with Gasteiger partial charge in [0.2, 0.25) is 0 Å². The van der Waals surface area contributed by atoms with E-state index in [-0.39, 0.29) is 17.1 Å². The first-order chi connectivity index (χ1) is 12.3. The van der Waals surface area contributed by atoms with Crippen molar-refractivity contribution in [1.82, 2.24) is 0 Å². The minimum atomic E-state index is 0. The van der Waals surface area contributed by atoms with Crippen molar-refractivity contribution in [3.63, 3.8) is 0 Å². The van der Waals surface area contributed by atoms with Gasteiger partial charge in [0.1, 0.15) is 0 Å². The Labute approximate surface area is 165 Å². The molecule has 0 saturated heterocycles. The molecule has 0 saturated carbocycles. The maximum absolute atomic E-state index is 4.37. The van der Waals surface area contributed by atoms with Crippen molar-refractivity contribution in [3.8, 4) is 11.1 Å². The first-order valence-corrected chi connectivity index (χ1v) is 8.29. The Bertz CT molecular complexity index is 876. The molecule has 0 fully saturated rings. The molecular weight excluding hydrogens is 360 g/mol. The van der Waals surface area contributed by atoms with Gasteiger partial charge < -0.3 is 0 Å². The van der Waals surface area contributed by atoms with Crippen LogP contribution in [0.15, 0.2) is 113 Å². The van der Waals surface area contributed by atoms with E-state index in [1.165, 1.54) is 11.1 Å². The van der Waals surface area contributed by atoms with Crippen molar-refractivity contribution < 1.29 is 17.1 Å². The standard InChI is InChI=1S/C18H15N2.C5H5.Fe/c1-14-11-12-16(15-7-5-6-8-15)13-18(14)20-19-17-9-3-2-4-10-17;1-2-4-5-3-1;/h2-13H,1H3;1-5H;/q2*-1;+2. The fraction of sp³-hybridized carbons (Fsp3) is 0.0435. The van der Waals surface area contributed by atoms with Gasteiger partial charge in [0.05, 0.1) is 11.4 Å². The maximum Gasteiger partial charge on any atom is 2.00 e. The Morgan fingerprint density at radius 1 is 0.731 bits per heavy atom. The summed E-state index contributed by atoms with van der Waals surface area (Å²) < 4.78 is 0. The van der Waals surface area contributed by atoms with Crippen LogP contribution in [0.1, 0.15) is 5.56 Å². The smallest absolute Gasteiger partial charge is 0.214 e. The molecule has 4 aromatic rings. The van der Waals surface area contributed by atoms with Crippen molar-refractivity contribution in [1.29, 1.82) is 0 Å². The zero-order valence-corrected chi connectivity index (χ0v) is 15.7. The Kier molecular flexibility index (Phi) is 7.75. The fourth-order valence-corrected chi connectivity index (χ4v) is 2.39. The zero-order valence-electron chi connectivity index (χ0n) is 14.6. The summed E-state index contributed by atoms with van der Waals surface area (Å²) in [5.41, 5.74) is 5.28. The van der Waals surface area contributed by atoms with Gasteiger partial charge in [-0.1, -0.05) is 42.0 Å². The molecule has 0 heterocycles. The van der Waals surface area contributed by atoms with Gasteiger partial charge in [-0.05, 0) is 24.6 Å². The van der Waals surface area contributed by atoms with Crippen LogP contribution in [-0.4, -0.2) is 0 Å². The molecule has 0 bridgehead atoms. The Morgan fingerprint density at radius 2 is 1.50 bits per heavy atom. The Hall–Kier alpha value is -2.74. The summed E-state index contributed by atoms with van der Waals surface area (Å²) in [6.07, 6.45) is 0. The van der Waals surface area contributed by atoms with Crippen LogP contribution < -0.4 is 0 Å². The normalized spacial score (nSPS) is 10.0. The summed E-state index contributed by atoms with van der Waals surface area (Å²) in [6, 6.07) is 34.3. The molecule has 0 N–H and O–H groups in total. The molecule has 2 nitrogen and oxygen atoms in total. The molecule has 130 valence electrons. The number of aryl methyl sites for hydroxylation is 1. The van der Waals surface area contributed by atoms with Gasteiger partial charge in [0.15, 0.2) is 0 Å². The van der Waals surface area contributed by atoms with Crippen LogP contribution >= 0.6 is 0 Å². The van der Waals surface area contributed by atoms with Crippen LogP contribution in [0.3, 0.4) is 0 Å². The van der Waals surface area contributed by atoms with Crippen LogP contribution in [0.2, 0.25) is 0 Å². The van der Waals surface area contributed by atoms with Crippen molar-refractivity contribution in [2.45, 2.75) is 6.92 Å². The number of hydrogen-bond acceptors (Lipinski definition) is 2. The summed E-state index contributed by atoms with van der Waals surface area (Å²) in [6.45, 7) is 2.05. The molecule has 0 radical (unpaired) electrons. The summed E-state index contributed by atoms with van der Waals surface area (Å²) in [4.78, 5) is 0. The maximum atomic E-state index is 4.37. The predicted octanol–water partition coefficient (Wildman–Crippen LogP) is 7.20. The second kappa shape index (κ2) is 10.3. The van der Waals surface area contributed by atoms with E-state index in [2.05, 4.69) is 40.6 Å². The van der Waals surface area contributed by atoms with Gasteiger partial charge >= 0.3 is 17.1 Å². The molecule has 0 amide bonds. The van der Waals surface area contributed by atoms with E-state index < -0.39 is 0 Å². The molecule has 26 heavy (non-hydrogen) atoms. The van der Waals surface area contributed by atoms with Gasteiger partial charge in [-0.3, -0.25) is 0 Å². The molecule has 0 aliphatic heterocycles. The topological polar surface area (TPSA) is 24.7 Å². The summed E-state index contributed by atoms with van der Waals surface area (Å²) >= 11 is 0. The molecule has 0 aliphatic carbocycles. The van der Waals surface area contributed by atoms with E-state index >= 15 is 0 Å². The van der Waals surface area contributed by atoms with E-state index in [0.717, 1.165) is 16.9 Å².